The molecule has 2 N–H and O–H groups in total. The van der Waals surface area contributed by atoms with Gasteiger partial charge in [-0.2, -0.15) is 0 Å². The van der Waals surface area contributed by atoms with Crippen LogP contribution < -0.4 is 10.6 Å². The van der Waals surface area contributed by atoms with E-state index in [9.17, 15) is 9.59 Å². The Labute approximate surface area is 195 Å². The molecule has 0 unspecified atom stereocenters. The zero-order valence-electron chi connectivity index (χ0n) is 17.1. The molecule has 0 bridgehead atoms. The molecule has 0 atom stereocenters. The Morgan fingerprint density at radius 3 is 2.52 bits per heavy atom. The summed E-state index contributed by atoms with van der Waals surface area (Å²) < 4.78 is 0. The van der Waals surface area contributed by atoms with Gasteiger partial charge < -0.3 is 15.5 Å². The second-order valence-electron chi connectivity index (χ2n) is 7.08. The molecule has 6 nitrogen and oxygen atoms in total. The third kappa shape index (κ3) is 6.43. The first-order valence-corrected chi connectivity index (χ1v) is 11.3. The van der Waals surface area contributed by atoms with Crippen molar-refractivity contribution in [2.45, 2.75) is 33.0 Å². The first-order chi connectivity index (χ1) is 14.8. The van der Waals surface area contributed by atoms with Gasteiger partial charge in [-0.25, -0.2) is 9.78 Å². The normalized spacial score (nSPS) is 10.7. The third-order valence-electron chi connectivity index (χ3n) is 4.44. The zero-order valence-corrected chi connectivity index (χ0v) is 19.4. The molecule has 3 rings (SSSR count). The number of hydrogen-bond acceptors (Lipinski definition) is 4. The molecule has 1 aromatic heterocycles. The number of nitrogens with one attached hydrogen (secondary N) is 2. The summed E-state index contributed by atoms with van der Waals surface area (Å²) in [6.45, 7) is 4.53. The van der Waals surface area contributed by atoms with Gasteiger partial charge in [0.2, 0.25) is 0 Å². The minimum atomic E-state index is -0.293. The van der Waals surface area contributed by atoms with Crippen LogP contribution in [-0.4, -0.2) is 27.9 Å². The van der Waals surface area contributed by atoms with Gasteiger partial charge in [-0.1, -0.05) is 53.5 Å². The molecule has 0 aliphatic rings. The highest BCUT2D eigenvalue weighted by molar-refractivity contribution is 7.09. The lowest BCUT2D eigenvalue weighted by Gasteiger charge is -2.26. The third-order valence-corrected chi connectivity index (χ3v) is 6.01. The Bertz CT molecular complexity index is 1060. The van der Waals surface area contributed by atoms with Crippen molar-refractivity contribution in [2.75, 3.05) is 5.32 Å². The van der Waals surface area contributed by atoms with E-state index in [1.807, 2.05) is 44.2 Å². The molecular weight excluding hydrogens is 455 g/mol. The van der Waals surface area contributed by atoms with Crippen molar-refractivity contribution in [3.05, 3.63) is 80.2 Å². The maximum atomic E-state index is 12.8. The van der Waals surface area contributed by atoms with Crippen molar-refractivity contribution in [3.63, 3.8) is 0 Å². The Kier molecular flexibility index (Phi) is 7.90. The fraction of sp³-hybridized carbons (Fsp3) is 0.227. The van der Waals surface area contributed by atoms with Gasteiger partial charge in [0, 0.05) is 23.7 Å². The van der Waals surface area contributed by atoms with Crippen LogP contribution in [0, 0.1) is 0 Å². The highest BCUT2D eigenvalue weighted by Crippen LogP contribution is 2.25. The largest absolute Gasteiger partial charge is 0.347 e. The number of urea groups is 1. The molecule has 0 fully saturated rings. The predicted molar refractivity (Wildman–Crippen MR) is 126 cm³/mol. The van der Waals surface area contributed by atoms with E-state index >= 15 is 0 Å². The minimum absolute atomic E-state index is 0.0815. The van der Waals surface area contributed by atoms with Gasteiger partial charge in [-0.05, 0) is 37.6 Å². The summed E-state index contributed by atoms with van der Waals surface area (Å²) in [7, 11) is 0. The van der Waals surface area contributed by atoms with Gasteiger partial charge in [0.15, 0.2) is 0 Å². The number of anilines is 1. The van der Waals surface area contributed by atoms with E-state index in [1.165, 1.54) is 11.3 Å². The monoisotopic (exact) mass is 476 g/mol. The topological polar surface area (TPSA) is 74.3 Å². The van der Waals surface area contributed by atoms with Crippen LogP contribution in [-0.2, 0) is 13.1 Å². The number of halogens is 2. The maximum Gasteiger partial charge on any atom is 0.322 e. The number of amides is 3. The van der Waals surface area contributed by atoms with Crippen LogP contribution in [0.15, 0.2) is 53.9 Å². The van der Waals surface area contributed by atoms with Gasteiger partial charge in [-0.3, -0.25) is 4.79 Å². The molecule has 0 radical (unpaired) electrons. The Balaban J connectivity index is 1.62. The molecule has 0 aliphatic heterocycles. The van der Waals surface area contributed by atoms with E-state index in [4.69, 9.17) is 23.2 Å². The average Bonchev–Trinajstić information content (AvgIpc) is 3.22. The van der Waals surface area contributed by atoms with Crippen molar-refractivity contribution in [1.29, 1.82) is 0 Å². The molecule has 1 heterocycles. The van der Waals surface area contributed by atoms with E-state index in [2.05, 4.69) is 15.6 Å². The van der Waals surface area contributed by atoms with E-state index in [-0.39, 0.29) is 24.5 Å². The Morgan fingerprint density at radius 2 is 1.84 bits per heavy atom. The average molecular weight is 477 g/mol. The molecule has 0 spiro atoms. The van der Waals surface area contributed by atoms with Crippen LogP contribution in [0.4, 0.5) is 10.5 Å². The summed E-state index contributed by atoms with van der Waals surface area (Å²) in [5, 5.41) is 8.83. The number of nitrogens with zero attached hydrogens (tertiary/aromatic N) is 2. The number of aromatic nitrogens is 1. The minimum Gasteiger partial charge on any atom is -0.347 e. The summed E-state index contributed by atoms with van der Waals surface area (Å²) in [6, 6.07) is 14.2. The first kappa shape index (κ1) is 23.1. The van der Waals surface area contributed by atoms with Crippen LogP contribution in [0.5, 0.6) is 0 Å². The number of thiazole rings is 1. The lowest BCUT2D eigenvalue weighted by Crippen LogP contribution is -2.39. The standard InChI is InChI=1S/C22H22Cl2N4O2S/c1-14(2)28(22(30)26-16-8-9-17(23)18(24)10-16)12-20-27-19(13-31-20)21(29)25-11-15-6-4-3-5-7-15/h3-10,13-14H,11-12H2,1-2H3,(H,25,29)(H,26,30). The first-order valence-electron chi connectivity index (χ1n) is 9.62. The van der Waals surface area contributed by atoms with Gasteiger partial charge in [0.1, 0.15) is 10.7 Å². The second-order valence-corrected chi connectivity index (χ2v) is 8.83. The van der Waals surface area contributed by atoms with E-state index in [1.54, 1.807) is 28.5 Å². The van der Waals surface area contributed by atoms with Crippen molar-refractivity contribution < 1.29 is 9.59 Å². The molecule has 0 saturated heterocycles. The van der Waals surface area contributed by atoms with E-state index in [0.717, 1.165) is 5.56 Å². The highest BCUT2D eigenvalue weighted by atomic mass is 35.5. The fourth-order valence-electron chi connectivity index (χ4n) is 2.76. The molecule has 3 aromatic rings. The summed E-state index contributed by atoms with van der Waals surface area (Å²) in [4.78, 5) is 31.2. The highest BCUT2D eigenvalue weighted by Gasteiger charge is 2.20. The smallest absolute Gasteiger partial charge is 0.322 e. The maximum absolute atomic E-state index is 12.8. The fourth-order valence-corrected chi connectivity index (χ4v) is 3.83. The number of benzene rings is 2. The molecule has 0 aliphatic carbocycles. The number of carbonyl (C=O) groups is 2. The SMILES string of the molecule is CC(C)N(Cc1nc(C(=O)NCc2ccccc2)cs1)C(=O)Nc1ccc(Cl)c(Cl)c1. The molecule has 3 amide bonds. The van der Waals surface area contributed by atoms with Gasteiger partial charge >= 0.3 is 6.03 Å². The molecule has 31 heavy (non-hydrogen) atoms. The number of rotatable bonds is 7. The number of carbonyl (C=O) groups excluding carboxylic acids is 2. The van der Waals surface area contributed by atoms with Crippen LogP contribution in [0.3, 0.4) is 0 Å². The van der Waals surface area contributed by atoms with Crippen LogP contribution >= 0.6 is 34.5 Å². The van der Waals surface area contributed by atoms with Crippen LogP contribution in [0.1, 0.15) is 34.9 Å². The van der Waals surface area contributed by atoms with Crippen molar-refractivity contribution >= 4 is 52.2 Å². The zero-order chi connectivity index (χ0) is 22.4. The Hall–Kier alpha value is -2.61. The summed E-state index contributed by atoms with van der Waals surface area (Å²) in [5.74, 6) is -0.247. The van der Waals surface area contributed by atoms with Gasteiger partial charge in [-0.15, -0.1) is 11.3 Å². The molecule has 9 heteroatoms. The Morgan fingerprint density at radius 1 is 1.10 bits per heavy atom. The van der Waals surface area contributed by atoms with E-state index in [0.29, 0.717) is 33.0 Å². The quantitative estimate of drug-likeness (QED) is 0.450. The summed E-state index contributed by atoms with van der Waals surface area (Å²) in [5.41, 5.74) is 1.89. The summed E-state index contributed by atoms with van der Waals surface area (Å²) in [6.07, 6.45) is 0. The van der Waals surface area contributed by atoms with Crippen LogP contribution in [0.2, 0.25) is 10.0 Å². The second kappa shape index (κ2) is 10.6. The van der Waals surface area contributed by atoms with Crippen molar-refractivity contribution in [3.8, 4) is 0 Å². The van der Waals surface area contributed by atoms with Crippen molar-refractivity contribution in [1.82, 2.24) is 15.2 Å². The molecule has 162 valence electrons. The molecular formula is C22H22Cl2N4O2S. The molecule has 0 saturated carbocycles. The lowest BCUT2D eigenvalue weighted by molar-refractivity contribution is 0.0946. The predicted octanol–water partition coefficient (Wildman–Crippen LogP) is 5.82. The summed E-state index contributed by atoms with van der Waals surface area (Å²) >= 11 is 13.3. The van der Waals surface area contributed by atoms with E-state index < -0.39 is 0 Å². The van der Waals surface area contributed by atoms with Crippen molar-refractivity contribution in [2.24, 2.45) is 0 Å². The van der Waals surface area contributed by atoms with Crippen LogP contribution in [0.25, 0.3) is 0 Å². The van der Waals surface area contributed by atoms with Gasteiger partial charge in [0.05, 0.1) is 16.6 Å². The van der Waals surface area contributed by atoms with Gasteiger partial charge in [0.25, 0.3) is 5.91 Å². The molecule has 2 aromatic carbocycles. The number of hydrogen-bond donors (Lipinski definition) is 2. The lowest BCUT2D eigenvalue weighted by atomic mass is 10.2.